The van der Waals surface area contributed by atoms with Gasteiger partial charge in [-0.25, -0.2) is 0 Å². The molecule has 0 unspecified atom stereocenters. The van der Waals surface area contributed by atoms with Crippen molar-refractivity contribution >= 4 is 5.84 Å². The van der Waals surface area contributed by atoms with Crippen LogP contribution < -0.4 is 5.73 Å². The molecule has 0 aromatic rings. The maximum absolute atomic E-state index is 5.82. The minimum absolute atomic E-state index is 0.536. The molecule has 0 amide bonds. The minimum Gasteiger partial charge on any atom is -0.387 e. The zero-order valence-electron chi connectivity index (χ0n) is 8.76. The Labute approximate surface area is 81.6 Å². The zero-order valence-corrected chi connectivity index (χ0v) is 8.76. The van der Waals surface area contributed by atoms with Gasteiger partial charge >= 0.3 is 0 Å². The van der Waals surface area contributed by atoms with Crippen molar-refractivity contribution in [3.63, 3.8) is 0 Å². The molecule has 1 rings (SSSR count). The van der Waals surface area contributed by atoms with Gasteiger partial charge in [0.15, 0.2) is 0 Å². The van der Waals surface area contributed by atoms with Crippen molar-refractivity contribution in [2.24, 2.45) is 10.7 Å². The van der Waals surface area contributed by atoms with Gasteiger partial charge in [0.1, 0.15) is 0 Å². The van der Waals surface area contributed by atoms with Crippen molar-refractivity contribution in [2.45, 2.75) is 64.3 Å². The topological polar surface area (TPSA) is 38.4 Å². The van der Waals surface area contributed by atoms with Gasteiger partial charge in [-0.2, -0.15) is 0 Å². The highest BCUT2D eigenvalue weighted by Crippen LogP contribution is 2.19. The lowest BCUT2D eigenvalue weighted by molar-refractivity contribution is 0.583. The summed E-state index contributed by atoms with van der Waals surface area (Å²) < 4.78 is 0. The van der Waals surface area contributed by atoms with Gasteiger partial charge in [-0.05, 0) is 19.3 Å². The number of nitrogens with two attached hydrogens (primary N) is 1. The number of rotatable bonds is 3. The lowest BCUT2D eigenvalue weighted by atomic mass is 10.1. The molecule has 0 saturated heterocycles. The van der Waals surface area contributed by atoms with Gasteiger partial charge in [-0.15, -0.1) is 0 Å². The number of aliphatic imine (C=N–C) groups is 1. The van der Waals surface area contributed by atoms with E-state index in [1.54, 1.807) is 0 Å². The first-order chi connectivity index (χ1) is 6.33. The molecule has 0 radical (unpaired) electrons. The molecule has 1 fully saturated rings. The summed E-state index contributed by atoms with van der Waals surface area (Å²) in [5.41, 5.74) is 5.82. The predicted molar refractivity (Wildman–Crippen MR) is 58.0 cm³/mol. The maximum Gasteiger partial charge on any atom is 0.0940 e. The first kappa shape index (κ1) is 10.6. The van der Waals surface area contributed by atoms with Crippen LogP contribution in [0.1, 0.15) is 58.3 Å². The molecular weight excluding hydrogens is 160 g/mol. The summed E-state index contributed by atoms with van der Waals surface area (Å²) in [6.07, 6.45) is 10.0. The van der Waals surface area contributed by atoms with Gasteiger partial charge in [-0.1, -0.05) is 32.6 Å². The summed E-state index contributed by atoms with van der Waals surface area (Å²) in [6.45, 7) is 2.15. The van der Waals surface area contributed by atoms with E-state index in [1.807, 2.05) is 0 Å². The second-order valence-electron chi connectivity index (χ2n) is 4.02. The van der Waals surface area contributed by atoms with Crippen LogP contribution in [0.4, 0.5) is 0 Å². The Morgan fingerprint density at radius 3 is 2.38 bits per heavy atom. The molecule has 0 heterocycles. The minimum atomic E-state index is 0.536. The van der Waals surface area contributed by atoms with Gasteiger partial charge in [0.2, 0.25) is 0 Å². The van der Waals surface area contributed by atoms with Crippen LogP contribution in [0.25, 0.3) is 0 Å². The van der Waals surface area contributed by atoms with Gasteiger partial charge in [-0.3, -0.25) is 4.99 Å². The van der Waals surface area contributed by atoms with Crippen LogP contribution in [0.2, 0.25) is 0 Å². The number of hydrogen-bond acceptors (Lipinski definition) is 1. The number of hydrogen-bond donors (Lipinski definition) is 1. The van der Waals surface area contributed by atoms with Crippen molar-refractivity contribution in [1.29, 1.82) is 0 Å². The molecule has 13 heavy (non-hydrogen) atoms. The van der Waals surface area contributed by atoms with E-state index in [-0.39, 0.29) is 0 Å². The molecule has 2 nitrogen and oxygen atoms in total. The largest absolute Gasteiger partial charge is 0.387 e. The summed E-state index contributed by atoms with van der Waals surface area (Å²) in [6, 6.07) is 0.536. The van der Waals surface area contributed by atoms with Crippen molar-refractivity contribution in [2.75, 3.05) is 0 Å². The monoisotopic (exact) mass is 182 g/mol. The van der Waals surface area contributed by atoms with Crippen molar-refractivity contribution in [1.82, 2.24) is 0 Å². The SMILES string of the molecule is CCCC(N)=NC1CCCCCC1. The van der Waals surface area contributed by atoms with Crippen LogP contribution >= 0.6 is 0 Å². The van der Waals surface area contributed by atoms with Gasteiger partial charge in [0.25, 0.3) is 0 Å². The molecule has 0 spiro atoms. The molecule has 0 atom stereocenters. The van der Waals surface area contributed by atoms with E-state index in [9.17, 15) is 0 Å². The van der Waals surface area contributed by atoms with Crippen LogP contribution in [0.15, 0.2) is 4.99 Å². The van der Waals surface area contributed by atoms with E-state index >= 15 is 0 Å². The molecule has 2 N–H and O–H groups in total. The summed E-state index contributed by atoms with van der Waals surface area (Å²) in [5, 5.41) is 0. The Hall–Kier alpha value is -0.530. The molecule has 1 aliphatic rings. The molecule has 2 heteroatoms. The summed E-state index contributed by atoms with van der Waals surface area (Å²) in [5.74, 6) is 0.870. The van der Waals surface area contributed by atoms with Gasteiger partial charge < -0.3 is 5.73 Å². The van der Waals surface area contributed by atoms with E-state index < -0.39 is 0 Å². The van der Waals surface area contributed by atoms with Crippen molar-refractivity contribution < 1.29 is 0 Å². The van der Waals surface area contributed by atoms with E-state index in [2.05, 4.69) is 11.9 Å². The van der Waals surface area contributed by atoms with Crippen LogP contribution in [0.5, 0.6) is 0 Å². The Bertz CT molecular complexity index is 155. The van der Waals surface area contributed by atoms with Crippen LogP contribution in [0.3, 0.4) is 0 Å². The van der Waals surface area contributed by atoms with Crippen LogP contribution in [-0.2, 0) is 0 Å². The van der Waals surface area contributed by atoms with Crippen LogP contribution in [0, 0.1) is 0 Å². The van der Waals surface area contributed by atoms with Gasteiger partial charge in [0, 0.05) is 6.42 Å². The van der Waals surface area contributed by atoms with E-state index in [0.29, 0.717) is 6.04 Å². The average Bonchev–Trinajstić information content (AvgIpc) is 2.33. The standard InChI is InChI=1S/C11H22N2/c1-2-7-11(12)13-10-8-5-3-4-6-9-10/h10H,2-9H2,1H3,(H2,12,13). The Morgan fingerprint density at radius 1 is 1.23 bits per heavy atom. The molecule has 1 saturated carbocycles. The van der Waals surface area contributed by atoms with Crippen LogP contribution in [-0.4, -0.2) is 11.9 Å². The number of amidine groups is 1. The summed E-state index contributed by atoms with van der Waals surface area (Å²) in [4.78, 5) is 4.58. The van der Waals surface area contributed by atoms with E-state index in [1.165, 1.54) is 38.5 Å². The fraction of sp³-hybridized carbons (Fsp3) is 0.909. The predicted octanol–water partition coefficient (Wildman–Crippen LogP) is 2.87. The second-order valence-corrected chi connectivity index (χ2v) is 4.02. The fourth-order valence-corrected chi connectivity index (χ4v) is 1.94. The third-order valence-corrected chi connectivity index (χ3v) is 2.68. The smallest absolute Gasteiger partial charge is 0.0940 e. The molecule has 0 aliphatic heterocycles. The third-order valence-electron chi connectivity index (χ3n) is 2.68. The Morgan fingerprint density at radius 2 is 1.85 bits per heavy atom. The molecule has 0 aromatic carbocycles. The third kappa shape index (κ3) is 4.30. The van der Waals surface area contributed by atoms with E-state index in [0.717, 1.165) is 18.7 Å². The highest BCUT2D eigenvalue weighted by Gasteiger charge is 2.10. The normalized spacial score (nSPS) is 21.5. The molecule has 0 aromatic heterocycles. The Kier molecular flexibility index (Phi) is 4.87. The van der Waals surface area contributed by atoms with Crippen molar-refractivity contribution in [3.8, 4) is 0 Å². The Balaban J connectivity index is 2.35. The fourth-order valence-electron chi connectivity index (χ4n) is 1.94. The summed E-state index contributed by atoms with van der Waals surface area (Å²) >= 11 is 0. The lowest BCUT2D eigenvalue weighted by Crippen LogP contribution is -2.16. The first-order valence-electron chi connectivity index (χ1n) is 5.65. The van der Waals surface area contributed by atoms with Gasteiger partial charge in [0.05, 0.1) is 11.9 Å². The molecule has 1 aliphatic carbocycles. The maximum atomic E-state index is 5.82. The average molecular weight is 182 g/mol. The quantitative estimate of drug-likeness (QED) is 0.407. The van der Waals surface area contributed by atoms with E-state index in [4.69, 9.17) is 5.73 Å². The first-order valence-corrected chi connectivity index (χ1v) is 5.65. The molecular formula is C11H22N2. The summed E-state index contributed by atoms with van der Waals surface area (Å²) in [7, 11) is 0. The van der Waals surface area contributed by atoms with Crippen molar-refractivity contribution in [3.05, 3.63) is 0 Å². The highest BCUT2D eigenvalue weighted by atomic mass is 14.9. The highest BCUT2D eigenvalue weighted by molar-refractivity contribution is 5.80. The second kappa shape index (κ2) is 6.01. The molecule has 0 bridgehead atoms. The number of nitrogens with zero attached hydrogens (tertiary/aromatic N) is 1. The molecule has 76 valence electrons. The lowest BCUT2D eigenvalue weighted by Gasteiger charge is -2.09. The zero-order chi connectivity index (χ0) is 9.52.